The van der Waals surface area contributed by atoms with Gasteiger partial charge in [0.1, 0.15) is 0 Å². The average molecular weight is 424 g/mol. The van der Waals surface area contributed by atoms with Crippen molar-refractivity contribution in [2.24, 2.45) is 0 Å². The highest BCUT2D eigenvalue weighted by Gasteiger charge is 2.08. The molecule has 0 bridgehead atoms. The summed E-state index contributed by atoms with van der Waals surface area (Å²) in [7, 11) is 4.08. The minimum absolute atomic E-state index is 0. The molecule has 0 radical (unpaired) electrons. The highest BCUT2D eigenvalue weighted by molar-refractivity contribution is 5.56. The van der Waals surface area contributed by atoms with Crippen LogP contribution in [-0.2, 0) is 6.54 Å². The fraction of sp³-hybridized carbons (Fsp3) is 0.417. The summed E-state index contributed by atoms with van der Waals surface area (Å²) in [5.41, 5.74) is 2.64. The van der Waals surface area contributed by atoms with Crippen LogP contribution >= 0.6 is 0 Å². The van der Waals surface area contributed by atoms with E-state index in [0.29, 0.717) is 24.7 Å². The second kappa shape index (κ2) is 11.4. The van der Waals surface area contributed by atoms with Crippen molar-refractivity contribution in [3.63, 3.8) is 0 Å². The average Bonchev–Trinajstić information content (AvgIpc) is 2.73. The molecule has 0 saturated heterocycles. The molecule has 0 unspecified atom stereocenters. The summed E-state index contributed by atoms with van der Waals surface area (Å²) in [6.45, 7) is 6.13. The summed E-state index contributed by atoms with van der Waals surface area (Å²) >= 11 is 0. The van der Waals surface area contributed by atoms with Gasteiger partial charge >= 0.3 is 0 Å². The largest absolute Gasteiger partial charge is 0.490 e. The van der Waals surface area contributed by atoms with Crippen molar-refractivity contribution in [3.8, 4) is 17.1 Å². The van der Waals surface area contributed by atoms with Gasteiger partial charge in [0.2, 0.25) is 0 Å². The van der Waals surface area contributed by atoms with Crippen LogP contribution in [0, 0.1) is 0 Å². The molecule has 0 N–H and O–H groups in total. The lowest BCUT2D eigenvalue weighted by Gasteiger charge is -2.11. The molecule has 7 heteroatoms. The smallest absolute Gasteiger partial charge is 0.267 e. The number of nitrogens with zero attached hydrogens (tertiary/aromatic N) is 5. The Morgan fingerprint density at radius 3 is 2.52 bits per heavy atom. The Labute approximate surface area is 184 Å². The molecule has 3 aromatic rings. The number of hydrogen-bond acceptors (Lipinski definition) is 6. The quantitative estimate of drug-likeness (QED) is 0.487. The summed E-state index contributed by atoms with van der Waals surface area (Å²) in [6, 6.07) is 11.2. The van der Waals surface area contributed by atoms with Gasteiger partial charge in [-0.3, -0.25) is 4.79 Å². The summed E-state index contributed by atoms with van der Waals surface area (Å²) in [5, 5.41) is 4.48. The molecule has 0 aliphatic heterocycles. The minimum Gasteiger partial charge on any atom is -0.490 e. The van der Waals surface area contributed by atoms with Gasteiger partial charge in [0.15, 0.2) is 11.6 Å². The first kappa shape index (κ1) is 24.2. The molecule has 31 heavy (non-hydrogen) atoms. The Bertz CT molecular complexity index is 1010. The number of hydrogen-bond donors (Lipinski definition) is 0. The number of rotatable bonds is 9. The van der Waals surface area contributed by atoms with E-state index < -0.39 is 0 Å². The minimum atomic E-state index is -0.114. The fourth-order valence-electron chi connectivity index (χ4n) is 2.98. The van der Waals surface area contributed by atoms with Crippen LogP contribution in [0.4, 0.5) is 0 Å². The van der Waals surface area contributed by atoms with Crippen LogP contribution in [0.2, 0.25) is 0 Å². The summed E-state index contributed by atoms with van der Waals surface area (Å²) in [4.78, 5) is 23.2. The van der Waals surface area contributed by atoms with Gasteiger partial charge in [0, 0.05) is 18.2 Å². The second-order valence-corrected chi connectivity index (χ2v) is 7.86. The molecule has 1 aromatic carbocycles. The Hall–Kier alpha value is -3.06. The van der Waals surface area contributed by atoms with Gasteiger partial charge in [-0.1, -0.05) is 39.5 Å². The van der Waals surface area contributed by atoms with Crippen molar-refractivity contribution in [2.45, 2.75) is 40.2 Å². The maximum absolute atomic E-state index is 12.2. The van der Waals surface area contributed by atoms with Crippen LogP contribution in [0.15, 0.2) is 53.6 Å². The van der Waals surface area contributed by atoms with Crippen LogP contribution < -0.4 is 10.3 Å². The van der Waals surface area contributed by atoms with Crippen molar-refractivity contribution < 1.29 is 4.74 Å². The highest BCUT2D eigenvalue weighted by atomic mass is 16.5. The van der Waals surface area contributed by atoms with Gasteiger partial charge in [-0.05, 0) is 44.1 Å². The molecule has 7 nitrogen and oxygen atoms in total. The topological polar surface area (TPSA) is 73.1 Å². The van der Waals surface area contributed by atoms with Crippen molar-refractivity contribution in [2.75, 3.05) is 27.2 Å². The summed E-state index contributed by atoms with van der Waals surface area (Å²) < 4.78 is 7.20. The van der Waals surface area contributed by atoms with Crippen LogP contribution in [-0.4, -0.2) is 51.9 Å². The van der Waals surface area contributed by atoms with Gasteiger partial charge < -0.3 is 9.64 Å². The van der Waals surface area contributed by atoms with Crippen LogP contribution in [0.5, 0.6) is 5.75 Å². The van der Waals surface area contributed by atoms with Gasteiger partial charge in [-0.15, -0.1) is 0 Å². The molecule has 0 spiro atoms. The Kier molecular flexibility index (Phi) is 8.88. The van der Waals surface area contributed by atoms with Gasteiger partial charge in [-0.25, -0.2) is 14.6 Å². The zero-order valence-electron chi connectivity index (χ0n) is 18.1. The lowest BCUT2D eigenvalue weighted by molar-refractivity contribution is 0.280. The molecule has 166 valence electrons. The molecule has 0 aliphatic rings. The van der Waals surface area contributed by atoms with Crippen molar-refractivity contribution >= 4 is 0 Å². The van der Waals surface area contributed by atoms with E-state index in [0.717, 1.165) is 29.8 Å². The second-order valence-electron chi connectivity index (χ2n) is 7.86. The summed E-state index contributed by atoms with van der Waals surface area (Å²) in [6.07, 6.45) is 4.34. The lowest BCUT2D eigenvalue weighted by Crippen LogP contribution is -2.24. The van der Waals surface area contributed by atoms with E-state index in [4.69, 9.17) is 4.74 Å². The first-order valence-electron chi connectivity index (χ1n) is 10.2. The van der Waals surface area contributed by atoms with E-state index >= 15 is 0 Å². The summed E-state index contributed by atoms with van der Waals surface area (Å²) in [5.74, 6) is 1.55. The van der Waals surface area contributed by atoms with E-state index in [1.165, 1.54) is 4.68 Å². The third-order valence-corrected chi connectivity index (χ3v) is 4.64. The molecule has 0 aliphatic carbocycles. The van der Waals surface area contributed by atoms with Crippen molar-refractivity contribution in [1.82, 2.24) is 24.6 Å². The molecule has 3 rings (SSSR count). The Morgan fingerprint density at radius 1 is 1.10 bits per heavy atom. The molecule has 0 atom stereocenters. The SMILES string of the molecule is C.CC(C)c1ccc(=O)n(Cc2cccc(-c3ncc(OCCCN(C)C)cn3)c2)n1. The standard InChI is InChI=1S/C23H29N5O2.CH4/c1-17(2)21-9-10-22(29)28(26-21)16-18-7-5-8-19(13-18)23-24-14-20(15-25-23)30-12-6-11-27(3)4;/h5,7-10,13-15,17H,6,11-12,16H2,1-4H3;1H4. The zero-order chi connectivity index (χ0) is 21.5. The highest BCUT2D eigenvalue weighted by Crippen LogP contribution is 2.18. The third-order valence-electron chi connectivity index (χ3n) is 4.64. The first-order chi connectivity index (χ1) is 14.4. The molecule has 0 saturated carbocycles. The van der Waals surface area contributed by atoms with E-state index in [2.05, 4.69) is 33.8 Å². The van der Waals surface area contributed by atoms with Crippen LogP contribution in [0.1, 0.15) is 44.9 Å². The molecular weight excluding hydrogens is 390 g/mol. The normalized spacial score (nSPS) is 10.9. The first-order valence-corrected chi connectivity index (χ1v) is 10.2. The fourth-order valence-corrected chi connectivity index (χ4v) is 2.98. The molecule has 2 heterocycles. The molecule has 2 aromatic heterocycles. The van der Waals surface area contributed by atoms with Crippen LogP contribution in [0.3, 0.4) is 0 Å². The Morgan fingerprint density at radius 2 is 1.84 bits per heavy atom. The maximum atomic E-state index is 12.2. The van der Waals surface area contributed by atoms with E-state index in [1.807, 2.05) is 38.4 Å². The van der Waals surface area contributed by atoms with Gasteiger partial charge in [0.25, 0.3) is 5.56 Å². The number of ether oxygens (including phenoxy) is 1. The predicted molar refractivity (Wildman–Crippen MR) is 125 cm³/mol. The van der Waals surface area contributed by atoms with E-state index in [9.17, 15) is 4.79 Å². The van der Waals surface area contributed by atoms with Gasteiger partial charge in [-0.2, -0.15) is 5.10 Å². The van der Waals surface area contributed by atoms with Gasteiger partial charge in [0.05, 0.1) is 31.2 Å². The van der Waals surface area contributed by atoms with Crippen LogP contribution in [0.25, 0.3) is 11.4 Å². The Balaban J connectivity index is 0.00000341. The number of benzene rings is 1. The third kappa shape index (κ3) is 7.00. The maximum Gasteiger partial charge on any atom is 0.267 e. The molecule has 0 fully saturated rings. The van der Waals surface area contributed by atoms with E-state index in [-0.39, 0.29) is 18.9 Å². The van der Waals surface area contributed by atoms with Crippen molar-refractivity contribution in [3.05, 3.63) is 70.4 Å². The monoisotopic (exact) mass is 423 g/mol. The zero-order valence-corrected chi connectivity index (χ0v) is 18.1. The molecule has 0 amide bonds. The predicted octanol–water partition coefficient (Wildman–Crippen LogP) is 3.84. The molecular formula is C24H33N5O2. The van der Waals surface area contributed by atoms with Crippen molar-refractivity contribution in [1.29, 1.82) is 0 Å². The van der Waals surface area contributed by atoms with E-state index in [1.54, 1.807) is 24.5 Å². The number of aromatic nitrogens is 4. The lowest BCUT2D eigenvalue weighted by atomic mass is 10.1.